The monoisotopic (exact) mass is 549 g/mol. The molecule has 1 aromatic rings. The van der Waals surface area contributed by atoms with Gasteiger partial charge in [-0.2, -0.15) is 0 Å². The molecule has 0 radical (unpaired) electrons. The summed E-state index contributed by atoms with van der Waals surface area (Å²) in [5, 5.41) is 29.7. The molecule has 220 valence electrons. The SMILES string of the molecule is C[C@@H](CCCCNC(=O)c1cc(OCCCCCCCCCCCCCCC(=O)O)cc(C(=O)O)c1)C(=O)O. The first-order chi connectivity index (χ1) is 18.7. The van der Waals surface area contributed by atoms with Crippen LogP contribution in [0.5, 0.6) is 5.75 Å². The summed E-state index contributed by atoms with van der Waals surface area (Å²) in [5.74, 6) is -3.11. The summed E-state index contributed by atoms with van der Waals surface area (Å²) in [6, 6.07) is 4.31. The summed E-state index contributed by atoms with van der Waals surface area (Å²) in [6.45, 7) is 2.49. The number of unbranched alkanes of at least 4 members (excludes halogenated alkanes) is 12. The zero-order valence-electron chi connectivity index (χ0n) is 23.4. The molecule has 1 amide bonds. The molecule has 9 nitrogen and oxygen atoms in total. The second-order valence-corrected chi connectivity index (χ2v) is 10.3. The van der Waals surface area contributed by atoms with E-state index in [0.29, 0.717) is 38.2 Å². The highest BCUT2D eigenvalue weighted by molar-refractivity contribution is 5.98. The molecule has 9 heteroatoms. The summed E-state index contributed by atoms with van der Waals surface area (Å²) in [4.78, 5) is 45.4. The normalized spacial score (nSPS) is 11.6. The molecule has 0 aliphatic heterocycles. The molecular weight excluding hydrogens is 502 g/mol. The van der Waals surface area contributed by atoms with Crippen LogP contribution in [0.1, 0.15) is 130 Å². The second kappa shape index (κ2) is 20.8. The molecule has 0 aliphatic rings. The first kappa shape index (κ1) is 33.9. The van der Waals surface area contributed by atoms with E-state index in [9.17, 15) is 24.3 Å². The quantitative estimate of drug-likeness (QED) is 0.106. The van der Waals surface area contributed by atoms with E-state index in [-0.39, 0.29) is 23.5 Å². The van der Waals surface area contributed by atoms with Gasteiger partial charge in [0.1, 0.15) is 5.75 Å². The van der Waals surface area contributed by atoms with E-state index < -0.39 is 23.8 Å². The van der Waals surface area contributed by atoms with Gasteiger partial charge < -0.3 is 25.4 Å². The molecule has 0 spiro atoms. The largest absolute Gasteiger partial charge is 0.494 e. The number of amides is 1. The van der Waals surface area contributed by atoms with Gasteiger partial charge in [0.05, 0.1) is 18.1 Å². The number of nitrogens with one attached hydrogen (secondary N) is 1. The van der Waals surface area contributed by atoms with E-state index in [1.807, 2.05) is 0 Å². The van der Waals surface area contributed by atoms with E-state index in [1.54, 1.807) is 13.0 Å². The zero-order chi connectivity index (χ0) is 28.9. The van der Waals surface area contributed by atoms with Crippen molar-refractivity contribution < 1.29 is 39.2 Å². The molecule has 0 heterocycles. The van der Waals surface area contributed by atoms with Crippen LogP contribution in [0.3, 0.4) is 0 Å². The summed E-state index contributed by atoms with van der Waals surface area (Å²) in [5.41, 5.74) is 0.220. The number of aliphatic carboxylic acids is 2. The van der Waals surface area contributed by atoms with Gasteiger partial charge in [-0.05, 0) is 43.9 Å². The van der Waals surface area contributed by atoms with Crippen LogP contribution in [0.4, 0.5) is 0 Å². The first-order valence-corrected chi connectivity index (χ1v) is 14.4. The van der Waals surface area contributed by atoms with Crippen LogP contribution in [0, 0.1) is 5.92 Å². The van der Waals surface area contributed by atoms with Crippen molar-refractivity contribution in [2.24, 2.45) is 5.92 Å². The number of benzene rings is 1. The number of ether oxygens (including phenoxy) is 1. The summed E-state index contributed by atoms with van der Waals surface area (Å²) in [7, 11) is 0. The molecule has 0 bridgehead atoms. The number of hydrogen-bond donors (Lipinski definition) is 4. The minimum absolute atomic E-state index is 0.00630. The Morgan fingerprint density at radius 2 is 1.26 bits per heavy atom. The maximum atomic E-state index is 12.5. The minimum Gasteiger partial charge on any atom is -0.494 e. The van der Waals surface area contributed by atoms with E-state index in [2.05, 4.69) is 5.32 Å². The lowest BCUT2D eigenvalue weighted by Gasteiger charge is -2.11. The number of carbonyl (C=O) groups excluding carboxylic acids is 1. The molecule has 1 rings (SSSR count). The molecule has 0 aliphatic carbocycles. The number of rotatable bonds is 24. The van der Waals surface area contributed by atoms with Crippen molar-refractivity contribution in [2.75, 3.05) is 13.2 Å². The molecular formula is C30H47NO8. The first-order valence-electron chi connectivity index (χ1n) is 14.4. The van der Waals surface area contributed by atoms with Gasteiger partial charge in [-0.15, -0.1) is 0 Å². The van der Waals surface area contributed by atoms with Crippen LogP contribution in [0.25, 0.3) is 0 Å². The molecule has 0 saturated heterocycles. The standard InChI is InChI=1S/C30H47NO8/c1-23(29(35)36)16-13-14-18-31-28(34)24-20-25(30(37)38)22-26(21-24)39-19-15-11-9-7-5-3-2-4-6-8-10-12-17-27(32)33/h20-23H,2-19H2,1H3,(H,31,34)(H,32,33)(H,35,36)(H,37,38)/t23-/m0/s1. The average molecular weight is 550 g/mol. The molecule has 0 aromatic heterocycles. The highest BCUT2D eigenvalue weighted by atomic mass is 16.5. The summed E-state index contributed by atoms with van der Waals surface area (Å²) >= 11 is 0. The van der Waals surface area contributed by atoms with Gasteiger partial charge in [-0.3, -0.25) is 14.4 Å². The molecule has 0 fully saturated rings. The number of carboxylic acids is 3. The smallest absolute Gasteiger partial charge is 0.335 e. The maximum absolute atomic E-state index is 12.5. The van der Waals surface area contributed by atoms with Gasteiger partial charge in [-0.1, -0.05) is 77.6 Å². The lowest BCUT2D eigenvalue weighted by Crippen LogP contribution is -2.25. The van der Waals surface area contributed by atoms with Gasteiger partial charge in [0.2, 0.25) is 0 Å². The van der Waals surface area contributed by atoms with Crippen LogP contribution in [0.15, 0.2) is 18.2 Å². The minimum atomic E-state index is -1.13. The Balaban J connectivity index is 2.22. The van der Waals surface area contributed by atoms with Gasteiger partial charge in [0, 0.05) is 18.5 Å². The third-order valence-corrected chi connectivity index (χ3v) is 6.74. The highest BCUT2D eigenvalue weighted by Crippen LogP contribution is 2.19. The van der Waals surface area contributed by atoms with Crippen LogP contribution < -0.4 is 10.1 Å². The van der Waals surface area contributed by atoms with Crippen molar-refractivity contribution in [1.29, 1.82) is 0 Å². The lowest BCUT2D eigenvalue weighted by atomic mass is 10.0. The summed E-state index contributed by atoms with van der Waals surface area (Å²) < 4.78 is 5.76. The van der Waals surface area contributed by atoms with Crippen molar-refractivity contribution in [3.8, 4) is 5.75 Å². The Kier molecular flexibility index (Phi) is 18.1. The molecule has 1 atom stereocenters. The van der Waals surface area contributed by atoms with Crippen molar-refractivity contribution in [3.63, 3.8) is 0 Å². The third-order valence-electron chi connectivity index (χ3n) is 6.74. The Hall–Kier alpha value is -3.10. The van der Waals surface area contributed by atoms with Crippen molar-refractivity contribution in [3.05, 3.63) is 29.3 Å². The van der Waals surface area contributed by atoms with E-state index in [4.69, 9.17) is 14.9 Å². The Morgan fingerprint density at radius 1 is 0.718 bits per heavy atom. The van der Waals surface area contributed by atoms with E-state index in [1.165, 1.54) is 50.7 Å². The molecule has 1 aromatic carbocycles. The van der Waals surface area contributed by atoms with Crippen LogP contribution >= 0.6 is 0 Å². The van der Waals surface area contributed by atoms with Crippen LogP contribution in [-0.4, -0.2) is 52.3 Å². The van der Waals surface area contributed by atoms with Crippen LogP contribution in [-0.2, 0) is 9.59 Å². The predicted octanol–water partition coefficient (Wildman–Crippen LogP) is 6.54. The maximum Gasteiger partial charge on any atom is 0.335 e. The number of carbonyl (C=O) groups is 4. The number of carboxylic acid groups (broad SMARTS) is 3. The molecule has 0 unspecified atom stereocenters. The Morgan fingerprint density at radius 3 is 1.79 bits per heavy atom. The fraction of sp³-hybridized carbons (Fsp3) is 0.667. The summed E-state index contributed by atoms with van der Waals surface area (Å²) in [6.07, 6.45) is 15.2. The van der Waals surface area contributed by atoms with Gasteiger partial charge in [-0.25, -0.2) is 4.79 Å². The molecule has 39 heavy (non-hydrogen) atoms. The van der Waals surface area contributed by atoms with E-state index >= 15 is 0 Å². The van der Waals surface area contributed by atoms with E-state index in [0.717, 1.165) is 38.5 Å². The zero-order valence-corrected chi connectivity index (χ0v) is 23.4. The fourth-order valence-corrected chi connectivity index (χ4v) is 4.28. The van der Waals surface area contributed by atoms with Gasteiger partial charge >= 0.3 is 17.9 Å². The van der Waals surface area contributed by atoms with Crippen molar-refractivity contribution >= 4 is 23.8 Å². The average Bonchev–Trinajstić information content (AvgIpc) is 2.89. The Labute approximate surface area is 232 Å². The lowest BCUT2D eigenvalue weighted by molar-refractivity contribution is -0.141. The number of aromatic carboxylic acids is 1. The Bertz CT molecular complexity index is 886. The van der Waals surface area contributed by atoms with Crippen molar-refractivity contribution in [1.82, 2.24) is 5.32 Å². The fourth-order valence-electron chi connectivity index (χ4n) is 4.28. The van der Waals surface area contributed by atoms with Crippen molar-refractivity contribution in [2.45, 2.75) is 110 Å². The van der Waals surface area contributed by atoms with Gasteiger partial charge in [0.25, 0.3) is 5.91 Å². The highest BCUT2D eigenvalue weighted by Gasteiger charge is 2.14. The topological polar surface area (TPSA) is 150 Å². The predicted molar refractivity (Wildman–Crippen MR) is 150 cm³/mol. The molecule has 4 N–H and O–H groups in total. The van der Waals surface area contributed by atoms with Crippen LogP contribution in [0.2, 0.25) is 0 Å². The second-order valence-electron chi connectivity index (χ2n) is 10.3. The number of hydrogen-bond acceptors (Lipinski definition) is 5. The van der Waals surface area contributed by atoms with Gasteiger partial charge in [0.15, 0.2) is 0 Å². The molecule has 0 saturated carbocycles. The third kappa shape index (κ3) is 17.2.